The minimum absolute atomic E-state index is 0.236. The quantitative estimate of drug-likeness (QED) is 0.624. The van der Waals surface area contributed by atoms with Crippen molar-refractivity contribution in [3.8, 4) is 11.4 Å². The Hall–Kier alpha value is -2.71. The lowest BCUT2D eigenvalue weighted by molar-refractivity contribution is 0.340. The topological polar surface area (TPSA) is 77.3 Å². The molecule has 0 aliphatic carbocycles. The molecule has 0 fully saturated rings. The summed E-state index contributed by atoms with van der Waals surface area (Å²) in [5.74, 6) is 0.649. The third kappa shape index (κ3) is 4.01. The van der Waals surface area contributed by atoms with Crippen LogP contribution in [0.5, 0.6) is 5.75 Å². The SMILES string of the molecule is CCOc1ccc(S(=O)(=O)N(C)C(C)c2ccc(-n3cncn3)cc2)cc1. The van der Waals surface area contributed by atoms with Gasteiger partial charge in [0.1, 0.15) is 18.4 Å². The van der Waals surface area contributed by atoms with Crippen LogP contribution >= 0.6 is 0 Å². The van der Waals surface area contributed by atoms with Crippen LogP contribution in [0.4, 0.5) is 0 Å². The summed E-state index contributed by atoms with van der Waals surface area (Å²) < 4.78 is 34.3. The van der Waals surface area contributed by atoms with Crippen LogP contribution in [-0.4, -0.2) is 41.1 Å². The summed E-state index contributed by atoms with van der Waals surface area (Å²) in [5.41, 5.74) is 1.75. The van der Waals surface area contributed by atoms with Crippen molar-refractivity contribution >= 4 is 10.0 Å². The molecule has 2 aromatic carbocycles. The van der Waals surface area contributed by atoms with Crippen molar-refractivity contribution < 1.29 is 13.2 Å². The number of benzene rings is 2. The molecule has 0 amide bonds. The molecule has 0 N–H and O–H groups in total. The highest BCUT2D eigenvalue weighted by Gasteiger charge is 2.26. The molecule has 27 heavy (non-hydrogen) atoms. The van der Waals surface area contributed by atoms with Crippen molar-refractivity contribution in [1.82, 2.24) is 19.1 Å². The molecular weight excluding hydrogens is 364 g/mol. The number of hydrogen-bond donors (Lipinski definition) is 0. The highest BCUT2D eigenvalue weighted by Crippen LogP contribution is 2.27. The summed E-state index contributed by atoms with van der Waals surface area (Å²) in [7, 11) is -2.04. The van der Waals surface area contributed by atoms with Gasteiger partial charge in [0, 0.05) is 13.1 Å². The largest absolute Gasteiger partial charge is 0.494 e. The van der Waals surface area contributed by atoms with E-state index < -0.39 is 10.0 Å². The number of rotatable bonds is 7. The summed E-state index contributed by atoms with van der Waals surface area (Å²) in [5, 5.41) is 4.08. The molecule has 8 heteroatoms. The first-order valence-corrected chi connectivity index (χ1v) is 10.0. The van der Waals surface area contributed by atoms with Crippen LogP contribution in [0.25, 0.3) is 5.69 Å². The Kier molecular flexibility index (Phi) is 5.57. The van der Waals surface area contributed by atoms with Crippen molar-refractivity contribution in [3.63, 3.8) is 0 Å². The van der Waals surface area contributed by atoms with Gasteiger partial charge >= 0.3 is 0 Å². The Bertz CT molecular complexity index is 969. The van der Waals surface area contributed by atoms with Gasteiger partial charge in [-0.3, -0.25) is 0 Å². The fraction of sp³-hybridized carbons (Fsp3) is 0.263. The second-order valence-electron chi connectivity index (χ2n) is 6.03. The maximum absolute atomic E-state index is 12.9. The lowest BCUT2D eigenvalue weighted by Gasteiger charge is -2.25. The summed E-state index contributed by atoms with van der Waals surface area (Å²) in [6.07, 6.45) is 3.08. The minimum Gasteiger partial charge on any atom is -0.494 e. The Balaban J connectivity index is 1.80. The molecule has 3 rings (SSSR count). The van der Waals surface area contributed by atoms with Gasteiger partial charge < -0.3 is 4.74 Å². The fourth-order valence-electron chi connectivity index (χ4n) is 2.71. The number of ether oxygens (including phenoxy) is 1. The van der Waals surface area contributed by atoms with E-state index in [4.69, 9.17) is 4.74 Å². The monoisotopic (exact) mass is 386 g/mol. The van der Waals surface area contributed by atoms with E-state index >= 15 is 0 Å². The van der Waals surface area contributed by atoms with E-state index in [1.807, 2.05) is 38.1 Å². The summed E-state index contributed by atoms with van der Waals surface area (Å²) in [6, 6.07) is 13.7. The fourth-order valence-corrected chi connectivity index (χ4v) is 4.06. The van der Waals surface area contributed by atoms with Crippen LogP contribution in [0.2, 0.25) is 0 Å². The van der Waals surface area contributed by atoms with Gasteiger partial charge in [0.05, 0.1) is 17.2 Å². The second kappa shape index (κ2) is 7.89. The smallest absolute Gasteiger partial charge is 0.243 e. The molecule has 0 saturated carbocycles. The van der Waals surface area contributed by atoms with Crippen molar-refractivity contribution in [2.24, 2.45) is 0 Å². The highest BCUT2D eigenvalue weighted by atomic mass is 32.2. The van der Waals surface area contributed by atoms with Gasteiger partial charge in [-0.15, -0.1) is 0 Å². The first-order chi connectivity index (χ1) is 12.9. The second-order valence-corrected chi connectivity index (χ2v) is 8.03. The van der Waals surface area contributed by atoms with Gasteiger partial charge in [-0.05, 0) is 55.8 Å². The van der Waals surface area contributed by atoms with Gasteiger partial charge in [-0.25, -0.2) is 18.1 Å². The zero-order chi connectivity index (χ0) is 19.4. The van der Waals surface area contributed by atoms with Crippen LogP contribution in [0, 0.1) is 0 Å². The summed E-state index contributed by atoms with van der Waals surface area (Å²) >= 11 is 0. The molecule has 7 nitrogen and oxygen atoms in total. The van der Waals surface area contributed by atoms with Crippen LogP contribution in [0.15, 0.2) is 66.1 Å². The van der Waals surface area contributed by atoms with Crippen LogP contribution in [-0.2, 0) is 10.0 Å². The summed E-state index contributed by atoms with van der Waals surface area (Å²) in [4.78, 5) is 4.16. The van der Waals surface area contributed by atoms with Crippen molar-refractivity contribution in [2.75, 3.05) is 13.7 Å². The van der Waals surface area contributed by atoms with E-state index in [0.717, 1.165) is 11.3 Å². The number of hydrogen-bond acceptors (Lipinski definition) is 5. The van der Waals surface area contributed by atoms with Gasteiger partial charge in [-0.1, -0.05) is 12.1 Å². The van der Waals surface area contributed by atoms with Crippen LogP contribution in [0.3, 0.4) is 0 Å². The Morgan fingerprint density at radius 3 is 2.33 bits per heavy atom. The normalized spacial score (nSPS) is 12.9. The summed E-state index contributed by atoms with van der Waals surface area (Å²) in [6.45, 7) is 4.28. The molecule has 142 valence electrons. The highest BCUT2D eigenvalue weighted by molar-refractivity contribution is 7.89. The maximum atomic E-state index is 12.9. The first kappa shape index (κ1) is 19.1. The maximum Gasteiger partial charge on any atom is 0.243 e. The molecule has 0 aliphatic heterocycles. The van der Waals surface area contributed by atoms with Gasteiger partial charge in [-0.2, -0.15) is 9.40 Å². The molecule has 0 spiro atoms. The van der Waals surface area contributed by atoms with Gasteiger partial charge in [0.15, 0.2) is 0 Å². The molecule has 0 radical (unpaired) electrons. The number of aromatic nitrogens is 3. The molecule has 0 saturated heterocycles. The molecule has 1 aromatic heterocycles. The number of nitrogens with zero attached hydrogens (tertiary/aromatic N) is 4. The molecule has 1 unspecified atom stereocenters. The van der Waals surface area contributed by atoms with Crippen LogP contribution < -0.4 is 4.74 Å². The van der Waals surface area contributed by atoms with E-state index in [-0.39, 0.29) is 10.9 Å². The average molecular weight is 386 g/mol. The van der Waals surface area contributed by atoms with Crippen molar-refractivity contribution in [2.45, 2.75) is 24.8 Å². The average Bonchev–Trinajstić information content (AvgIpc) is 3.22. The van der Waals surface area contributed by atoms with Crippen LogP contribution in [0.1, 0.15) is 25.5 Å². The van der Waals surface area contributed by atoms with E-state index in [1.165, 1.54) is 10.6 Å². The van der Waals surface area contributed by atoms with Crippen molar-refractivity contribution in [3.05, 3.63) is 66.7 Å². The third-order valence-electron chi connectivity index (χ3n) is 4.42. The Labute approximate surface area is 159 Å². The minimum atomic E-state index is -3.62. The standard InChI is InChI=1S/C19H22N4O3S/c1-4-26-18-9-11-19(12-10-18)27(24,25)22(3)15(2)16-5-7-17(8-6-16)23-14-20-13-21-23/h5-15H,4H2,1-3H3. The predicted octanol–water partition coefficient (Wildman–Crippen LogP) is 3.05. The zero-order valence-electron chi connectivity index (χ0n) is 15.5. The molecule has 1 atom stereocenters. The first-order valence-electron chi connectivity index (χ1n) is 8.59. The van der Waals surface area contributed by atoms with Crippen molar-refractivity contribution in [1.29, 1.82) is 0 Å². The molecule has 0 bridgehead atoms. The van der Waals surface area contributed by atoms with Gasteiger partial charge in [0.2, 0.25) is 10.0 Å². The van der Waals surface area contributed by atoms with E-state index in [9.17, 15) is 8.42 Å². The van der Waals surface area contributed by atoms with Gasteiger partial charge in [0.25, 0.3) is 0 Å². The third-order valence-corrected chi connectivity index (χ3v) is 6.36. The molecule has 1 heterocycles. The number of sulfonamides is 1. The van der Waals surface area contributed by atoms with E-state index in [1.54, 1.807) is 42.3 Å². The predicted molar refractivity (Wildman–Crippen MR) is 102 cm³/mol. The van der Waals surface area contributed by atoms with E-state index in [2.05, 4.69) is 10.1 Å². The van der Waals surface area contributed by atoms with E-state index in [0.29, 0.717) is 12.4 Å². The Morgan fingerprint density at radius 1 is 1.11 bits per heavy atom. The molecule has 3 aromatic rings. The molecule has 0 aliphatic rings. The Morgan fingerprint density at radius 2 is 1.78 bits per heavy atom. The zero-order valence-corrected chi connectivity index (χ0v) is 16.3. The lowest BCUT2D eigenvalue weighted by atomic mass is 10.1. The lowest BCUT2D eigenvalue weighted by Crippen LogP contribution is -2.29. The molecular formula is C19H22N4O3S.